The van der Waals surface area contributed by atoms with Crippen LogP contribution in [0, 0.1) is 17.8 Å². The predicted octanol–water partition coefficient (Wildman–Crippen LogP) is 3.48. The van der Waals surface area contributed by atoms with Gasteiger partial charge in [-0.05, 0) is 77.0 Å². The number of ether oxygens (including phenoxy) is 1. The maximum Gasteiger partial charge on any atom is 0.408 e. The Labute approximate surface area is 110 Å². The molecule has 4 fully saturated rings. The molecule has 1 amide bonds. The minimum absolute atomic E-state index is 0.121. The molecule has 0 aliphatic heterocycles. The smallest absolute Gasteiger partial charge is 0.408 e. The third-order valence-corrected chi connectivity index (χ3v) is 4.77. The molecule has 18 heavy (non-hydrogen) atoms. The lowest BCUT2D eigenvalue weighted by Gasteiger charge is -2.55. The van der Waals surface area contributed by atoms with Crippen LogP contribution in [0.25, 0.3) is 0 Å². The molecule has 3 nitrogen and oxygen atoms in total. The largest absolute Gasteiger partial charge is 0.443 e. The van der Waals surface area contributed by atoms with E-state index in [1.807, 2.05) is 20.8 Å². The SMILES string of the molecule is CC(C)(C)NC(=O)OC12CC3CC(CC(C3)C1)C2. The van der Waals surface area contributed by atoms with Crippen molar-refractivity contribution in [2.45, 2.75) is 70.4 Å². The highest BCUT2D eigenvalue weighted by Gasteiger charge is 2.53. The quantitative estimate of drug-likeness (QED) is 0.775. The first-order chi connectivity index (χ1) is 8.34. The van der Waals surface area contributed by atoms with Gasteiger partial charge < -0.3 is 10.1 Å². The van der Waals surface area contributed by atoms with Gasteiger partial charge in [-0.3, -0.25) is 0 Å². The summed E-state index contributed by atoms with van der Waals surface area (Å²) < 4.78 is 5.88. The van der Waals surface area contributed by atoms with E-state index in [0.29, 0.717) is 0 Å². The Bertz CT molecular complexity index is 321. The predicted molar refractivity (Wildman–Crippen MR) is 70.3 cm³/mol. The molecule has 0 radical (unpaired) electrons. The lowest BCUT2D eigenvalue weighted by atomic mass is 9.54. The van der Waals surface area contributed by atoms with Gasteiger partial charge in [-0.25, -0.2) is 4.79 Å². The molecule has 102 valence electrons. The van der Waals surface area contributed by atoms with E-state index in [2.05, 4.69) is 5.32 Å². The van der Waals surface area contributed by atoms with Crippen molar-refractivity contribution in [2.75, 3.05) is 0 Å². The summed E-state index contributed by atoms with van der Waals surface area (Å²) in [6.07, 6.45) is 7.24. The molecule has 4 rings (SSSR count). The zero-order valence-corrected chi connectivity index (χ0v) is 11.8. The number of carbonyl (C=O) groups excluding carboxylic acids is 1. The number of hydrogen-bond acceptors (Lipinski definition) is 2. The van der Waals surface area contributed by atoms with Gasteiger partial charge in [0.15, 0.2) is 0 Å². The van der Waals surface area contributed by atoms with Crippen molar-refractivity contribution in [1.82, 2.24) is 5.32 Å². The summed E-state index contributed by atoms with van der Waals surface area (Å²) in [7, 11) is 0. The Balaban J connectivity index is 1.67. The summed E-state index contributed by atoms with van der Waals surface area (Å²) in [5.41, 5.74) is -0.330. The van der Waals surface area contributed by atoms with E-state index in [-0.39, 0.29) is 17.2 Å². The van der Waals surface area contributed by atoms with Crippen LogP contribution in [-0.4, -0.2) is 17.2 Å². The molecule has 0 unspecified atom stereocenters. The first-order valence-electron chi connectivity index (χ1n) is 7.35. The Hall–Kier alpha value is -0.730. The Morgan fingerprint density at radius 2 is 1.50 bits per heavy atom. The number of rotatable bonds is 1. The van der Waals surface area contributed by atoms with Crippen molar-refractivity contribution >= 4 is 6.09 Å². The average molecular weight is 251 g/mol. The Kier molecular flexibility index (Phi) is 2.65. The highest BCUT2D eigenvalue weighted by atomic mass is 16.6. The van der Waals surface area contributed by atoms with Gasteiger partial charge in [0.25, 0.3) is 0 Å². The third-order valence-electron chi connectivity index (χ3n) is 4.77. The van der Waals surface area contributed by atoms with E-state index in [4.69, 9.17) is 4.74 Å². The maximum atomic E-state index is 12.0. The standard InChI is InChI=1S/C15H25NO2/c1-14(2,3)16-13(17)18-15-7-10-4-11(8-15)6-12(5-10)9-15/h10-12H,4-9H2,1-3H3,(H,16,17). The van der Waals surface area contributed by atoms with Crippen LogP contribution in [-0.2, 0) is 4.74 Å². The van der Waals surface area contributed by atoms with Crippen LogP contribution < -0.4 is 5.32 Å². The van der Waals surface area contributed by atoms with Crippen molar-refractivity contribution < 1.29 is 9.53 Å². The van der Waals surface area contributed by atoms with Crippen LogP contribution in [0.15, 0.2) is 0 Å². The molecule has 4 aliphatic carbocycles. The van der Waals surface area contributed by atoms with Crippen molar-refractivity contribution in [2.24, 2.45) is 17.8 Å². The Morgan fingerprint density at radius 3 is 1.89 bits per heavy atom. The summed E-state index contributed by atoms with van der Waals surface area (Å²) in [5.74, 6) is 2.45. The molecule has 3 heteroatoms. The van der Waals surface area contributed by atoms with Crippen LogP contribution in [0.4, 0.5) is 4.79 Å². The van der Waals surface area contributed by atoms with Gasteiger partial charge in [0.2, 0.25) is 0 Å². The summed E-state index contributed by atoms with van der Waals surface area (Å²) in [6.45, 7) is 5.98. The normalized spacial score (nSPS) is 41.8. The van der Waals surface area contributed by atoms with E-state index in [0.717, 1.165) is 37.0 Å². The fourth-order valence-corrected chi connectivity index (χ4v) is 4.68. The monoisotopic (exact) mass is 251 g/mol. The molecular formula is C15H25NO2. The van der Waals surface area contributed by atoms with E-state index >= 15 is 0 Å². The van der Waals surface area contributed by atoms with Gasteiger partial charge in [-0.2, -0.15) is 0 Å². The van der Waals surface area contributed by atoms with Crippen molar-refractivity contribution in [3.63, 3.8) is 0 Å². The van der Waals surface area contributed by atoms with Gasteiger partial charge in [0.05, 0.1) is 0 Å². The fraction of sp³-hybridized carbons (Fsp3) is 0.933. The Morgan fingerprint density at radius 1 is 1.06 bits per heavy atom. The molecule has 1 N–H and O–H groups in total. The minimum Gasteiger partial charge on any atom is -0.443 e. The zero-order valence-electron chi connectivity index (χ0n) is 11.8. The molecule has 4 aliphatic rings. The van der Waals surface area contributed by atoms with Crippen LogP contribution in [0.3, 0.4) is 0 Å². The number of carbonyl (C=O) groups is 1. The van der Waals surface area contributed by atoms with Crippen LogP contribution in [0.2, 0.25) is 0 Å². The van der Waals surface area contributed by atoms with Crippen LogP contribution >= 0.6 is 0 Å². The molecule has 0 heterocycles. The van der Waals surface area contributed by atoms with Gasteiger partial charge in [-0.15, -0.1) is 0 Å². The van der Waals surface area contributed by atoms with Crippen molar-refractivity contribution in [1.29, 1.82) is 0 Å². The number of hydrogen-bond donors (Lipinski definition) is 1. The second-order valence-corrected chi connectivity index (χ2v) is 7.87. The van der Waals surface area contributed by atoms with E-state index in [1.54, 1.807) is 0 Å². The summed E-state index contributed by atoms with van der Waals surface area (Å²) >= 11 is 0. The number of alkyl carbamates (subject to hydrolysis) is 1. The molecular weight excluding hydrogens is 226 g/mol. The first kappa shape index (κ1) is 12.3. The third kappa shape index (κ3) is 2.36. The lowest BCUT2D eigenvalue weighted by molar-refractivity contribution is -0.128. The van der Waals surface area contributed by atoms with Crippen molar-refractivity contribution in [3.8, 4) is 0 Å². The highest BCUT2D eigenvalue weighted by Crippen LogP contribution is 2.57. The van der Waals surface area contributed by atoms with E-state index < -0.39 is 0 Å². The highest BCUT2D eigenvalue weighted by molar-refractivity contribution is 5.68. The summed E-state index contributed by atoms with van der Waals surface area (Å²) in [4.78, 5) is 12.0. The van der Waals surface area contributed by atoms with Gasteiger partial charge >= 0.3 is 6.09 Å². The van der Waals surface area contributed by atoms with Gasteiger partial charge in [-0.1, -0.05) is 0 Å². The lowest BCUT2D eigenvalue weighted by Crippen LogP contribution is -2.55. The molecule has 0 saturated heterocycles. The molecule has 4 bridgehead atoms. The second kappa shape index (κ2) is 3.88. The van der Waals surface area contributed by atoms with Crippen LogP contribution in [0.5, 0.6) is 0 Å². The topological polar surface area (TPSA) is 38.3 Å². The average Bonchev–Trinajstić information content (AvgIpc) is 2.09. The van der Waals surface area contributed by atoms with Gasteiger partial charge in [0, 0.05) is 5.54 Å². The molecule has 4 saturated carbocycles. The number of amides is 1. The first-order valence-corrected chi connectivity index (χ1v) is 7.35. The molecule has 0 aromatic heterocycles. The fourth-order valence-electron chi connectivity index (χ4n) is 4.68. The van der Waals surface area contributed by atoms with Gasteiger partial charge in [0.1, 0.15) is 5.60 Å². The second-order valence-electron chi connectivity index (χ2n) is 7.87. The summed E-state index contributed by atoms with van der Waals surface area (Å²) in [5, 5.41) is 2.93. The molecule has 0 aromatic carbocycles. The molecule has 0 spiro atoms. The van der Waals surface area contributed by atoms with E-state index in [1.165, 1.54) is 19.3 Å². The zero-order chi connectivity index (χ0) is 13.0. The number of nitrogens with one attached hydrogen (secondary N) is 1. The molecule has 0 aromatic rings. The maximum absolute atomic E-state index is 12.0. The summed E-state index contributed by atoms with van der Waals surface area (Å²) in [6, 6.07) is 0. The van der Waals surface area contributed by atoms with Crippen LogP contribution in [0.1, 0.15) is 59.3 Å². The molecule has 0 atom stereocenters. The van der Waals surface area contributed by atoms with Crippen molar-refractivity contribution in [3.05, 3.63) is 0 Å². The van der Waals surface area contributed by atoms with E-state index in [9.17, 15) is 4.79 Å². The minimum atomic E-state index is -0.218.